The van der Waals surface area contributed by atoms with Gasteiger partial charge in [0.25, 0.3) is 0 Å². The SMILES string of the molecule is Cc1ccc(SC2CC(=O)N(c3ccc(I)cc3)C2=O)cc1. The molecule has 3 nitrogen and oxygen atoms in total. The second kappa shape index (κ2) is 6.42. The molecule has 5 heteroatoms. The summed E-state index contributed by atoms with van der Waals surface area (Å²) in [6.07, 6.45) is 0.253. The molecule has 0 aromatic heterocycles. The van der Waals surface area contributed by atoms with Crippen molar-refractivity contribution in [1.29, 1.82) is 0 Å². The van der Waals surface area contributed by atoms with Crippen molar-refractivity contribution < 1.29 is 9.59 Å². The number of carbonyl (C=O) groups excluding carboxylic acids is 2. The minimum Gasteiger partial charge on any atom is -0.274 e. The summed E-state index contributed by atoms with van der Waals surface area (Å²) < 4.78 is 1.08. The highest BCUT2D eigenvalue weighted by atomic mass is 127. The largest absolute Gasteiger partial charge is 0.274 e. The number of anilines is 1. The molecular formula is C17H14INO2S. The van der Waals surface area contributed by atoms with Crippen molar-refractivity contribution in [1.82, 2.24) is 0 Å². The number of carbonyl (C=O) groups is 2. The van der Waals surface area contributed by atoms with E-state index in [0.29, 0.717) is 5.69 Å². The molecule has 2 aromatic rings. The van der Waals surface area contributed by atoms with E-state index < -0.39 is 0 Å². The summed E-state index contributed by atoms with van der Waals surface area (Å²) in [5.74, 6) is -0.257. The maximum atomic E-state index is 12.6. The number of benzene rings is 2. The predicted octanol–water partition coefficient (Wildman–Crippen LogP) is 4.02. The van der Waals surface area contributed by atoms with E-state index in [1.165, 1.54) is 22.2 Å². The molecule has 0 N–H and O–H groups in total. The Balaban J connectivity index is 1.79. The highest BCUT2D eigenvalue weighted by Gasteiger charge is 2.40. The summed E-state index contributed by atoms with van der Waals surface area (Å²) in [7, 11) is 0. The first-order valence-corrected chi connectivity index (χ1v) is 8.86. The number of nitrogens with zero attached hydrogens (tertiary/aromatic N) is 1. The number of hydrogen-bond donors (Lipinski definition) is 0. The molecule has 2 aromatic carbocycles. The van der Waals surface area contributed by atoms with Gasteiger partial charge in [-0.3, -0.25) is 9.59 Å². The zero-order valence-corrected chi connectivity index (χ0v) is 14.9. The molecule has 3 rings (SSSR count). The summed E-state index contributed by atoms with van der Waals surface area (Å²) in [6, 6.07) is 15.4. The fraction of sp³-hybridized carbons (Fsp3) is 0.176. The third kappa shape index (κ3) is 3.20. The highest BCUT2D eigenvalue weighted by Crippen LogP contribution is 2.34. The maximum absolute atomic E-state index is 12.6. The minimum absolute atomic E-state index is 0.128. The molecule has 2 amide bonds. The molecule has 22 heavy (non-hydrogen) atoms. The van der Waals surface area contributed by atoms with E-state index in [9.17, 15) is 9.59 Å². The van der Waals surface area contributed by atoms with Crippen LogP contribution in [0, 0.1) is 10.5 Å². The lowest BCUT2D eigenvalue weighted by Crippen LogP contribution is -2.31. The zero-order chi connectivity index (χ0) is 15.7. The normalized spacial score (nSPS) is 18.1. The monoisotopic (exact) mass is 423 g/mol. The van der Waals surface area contributed by atoms with Crippen LogP contribution in [0.5, 0.6) is 0 Å². The summed E-state index contributed by atoms with van der Waals surface area (Å²) >= 11 is 3.66. The van der Waals surface area contributed by atoms with Crippen LogP contribution in [-0.4, -0.2) is 17.1 Å². The molecule has 1 heterocycles. The van der Waals surface area contributed by atoms with Gasteiger partial charge in [-0.1, -0.05) is 17.7 Å². The van der Waals surface area contributed by atoms with Gasteiger partial charge >= 0.3 is 0 Å². The minimum atomic E-state index is -0.338. The van der Waals surface area contributed by atoms with E-state index in [0.717, 1.165) is 8.47 Å². The molecule has 0 spiro atoms. The number of aryl methyl sites for hydroxylation is 1. The van der Waals surface area contributed by atoms with Crippen LogP contribution in [0.4, 0.5) is 5.69 Å². The summed E-state index contributed by atoms with van der Waals surface area (Å²) in [5, 5.41) is -0.338. The molecule has 1 unspecified atom stereocenters. The molecule has 0 aliphatic carbocycles. The van der Waals surface area contributed by atoms with E-state index in [4.69, 9.17) is 0 Å². The van der Waals surface area contributed by atoms with Crippen molar-refractivity contribution in [2.45, 2.75) is 23.5 Å². The van der Waals surface area contributed by atoms with Crippen LogP contribution in [0.1, 0.15) is 12.0 Å². The van der Waals surface area contributed by atoms with Crippen LogP contribution in [0.2, 0.25) is 0 Å². The Morgan fingerprint density at radius 1 is 1.05 bits per heavy atom. The number of halogens is 1. The van der Waals surface area contributed by atoms with Crippen molar-refractivity contribution in [3.8, 4) is 0 Å². The summed E-state index contributed by atoms with van der Waals surface area (Å²) in [6.45, 7) is 2.03. The smallest absolute Gasteiger partial charge is 0.247 e. The number of hydrogen-bond acceptors (Lipinski definition) is 3. The standard InChI is InChI=1S/C17H14INO2S/c1-11-2-8-14(9-3-11)22-15-10-16(20)19(17(15)21)13-6-4-12(18)5-7-13/h2-9,15H,10H2,1H3. The van der Waals surface area contributed by atoms with Gasteiger partial charge in [0, 0.05) is 14.9 Å². The molecule has 1 saturated heterocycles. The third-order valence-corrected chi connectivity index (χ3v) is 5.41. The third-order valence-electron chi connectivity index (χ3n) is 3.49. The Morgan fingerprint density at radius 3 is 2.32 bits per heavy atom. The summed E-state index contributed by atoms with van der Waals surface area (Å²) in [5.41, 5.74) is 1.83. The number of thioether (sulfide) groups is 1. The van der Waals surface area contributed by atoms with E-state index in [-0.39, 0.29) is 23.5 Å². The van der Waals surface area contributed by atoms with Crippen LogP contribution in [-0.2, 0) is 9.59 Å². The molecular weight excluding hydrogens is 409 g/mol. The molecule has 0 saturated carbocycles. The first kappa shape index (κ1) is 15.6. The summed E-state index contributed by atoms with van der Waals surface area (Å²) in [4.78, 5) is 27.1. The Labute approximate surface area is 147 Å². The lowest BCUT2D eigenvalue weighted by atomic mass is 10.2. The van der Waals surface area contributed by atoms with Crippen LogP contribution < -0.4 is 4.90 Å². The Hall–Kier alpha value is -1.34. The lowest BCUT2D eigenvalue weighted by molar-refractivity contribution is -0.121. The van der Waals surface area contributed by atoms with Crippen LogP contribution in [0.15, 0.2) is 53.4 Å². The van der Waals surface area contributed by atoms with Crippen LogP contribution >= 0.6 is 34.4 Å². The van der Waals surface area contributed by atoms with Gasteiger partial charge in [-0.2, -0.15) is 0 Å². The van der Waals surface area contributed by atoms with Crippen molar-refractivity contribution >= 4 is 51.9 Å². The molecule has 1 fully saturated rings. The highest BCUT2D eigenvalue weighted by molar-refractivity contribution is 14.1. The van der Waals surface area contributed by atoms with E-state index in [1.807, 2.05) is 55.5 Å². The molecule has 1 aliphatic heterocycles. The number of amides is 2. The average Bonchev–Trinajstić information content (AvgIpc) is 2.77. The maximum Gasteiger partial charge on any atom is 0.247 e. The lowest BCUT2D eigenvalue weighted by Gasteiger charge is -2.15. The van der Waals surface area contributed by atoms with E-state index in [1.54, 1.807) is 0 Å². The first-order valence-electron chi connectivity index (χ1n) is 6.90. The Bertz CT molecular complexity index is 712. The second-order valence-electron chi connectivity index (χ2n) is 5.17. The zero-order valence-electron chi connectivity index (χ0n) is 12.0. The van der Waals surface area contributed by atoms with Gasteiger partial charge in [0.05, 0.1) is 10.9 Å². The first-order chi connectivity index (χ1) is 10.5. The number of rotatable bonds is 3. The molecule has 0 bridgehead atoms. The quantitative estimate of drug-likeness (QED) is 0.553. The van der Waals surface area contributed by atoms with Gasteiger partial charge in [-0.15, -0.1) is 11.8 Å². The van der Waals surface area contributed by atoms with E-state index >= 15 is 0 Å². The molecule has 1 aliphatic rings. The van der Waals surface area contributed by atoms with Crippen LogP contribution in [0.3, 0.4) is 0 Å². The van der Waals surface area contributed by atoms with Crippen molar-refractivity contribution in [2.24, 2.45) is 0 Å². The van der Waals surface area contributed by atoms with Crippen molar-refractivity contribution in [2.75, 3.05) is 4.90 Å². The van der Waals surface area contributed by atoms with Crippen molar-refractivity contribution in [3.63, 3.8) is 0 Å². The molecule has 0 radical (unpaired) electrons. The van der Waals surface area contributed by atoms with Gasteiger partial charge in [0.2, 0.25) is 11.8 Å². The molecule has 1 atom stereocenters. The molecule has 112 valence electrons. The van der Waals surface area contributed by atoms with Crippen molar-refractivity contribution in [3.05, 3.63) is 57.7 Å². The van der Waals surface area contributed by atoms with Gasteiger partial charge in [0.15, 0.2) is 0 Å². The van der Waals surface area contributed by atoms with Gasteiger partial charge in [0.1, 0.15) is 0 Å². The fourth-order valence-corrected chi connectivity index (χ4v) is 3.75. The fourth-order valence-electron chi connectivity index (χ4n) is 2.34. The van der Waals surface area contributed by atoms with Gasteiger partial charge in [-0.25, -0.2) is 4.90 Å². The van der Waals surface area contributed by atoms with Crippen LogP contribution in [0.25, 0.3) is 0 Å². The topological polar surface area (TPSA) is 37.4 Å². The Morgan fingerprint density at radius 2 is 1.68 bits per heavy atom. The Kier molecular flexibility index (Phi) is 4.54. The van der Waals surface area contributed by atoms with Gasteiger partial charge in [-0.05, 0) is 65.9 Å². The average molecular weight is 423 g/mol. The predicted molar refractivity (Wildman–Crippen MR) is 97.1 cm³/mol. The second-order valence-corrected chi connectivity index (χ2v) is 7.69. The van der Waals surface area contributed by atoms with E-state index in [2.05, 4.69) is 22.6 Å². The number of imide groups is 1. The van der Waals surface area contributed by atoms with Gasteiger partial charge < -0.3 is 0 Å².